The van der Waals surface area contributed by atoms with E-state index in [-0.39, 0.29) is 29.3 Å². The molecule has 228 valence electrons. The number of benzene rings is 1. The summed E-state index contributed by atoms with van der Waals surface area (Å²) in [5.41, 5.74) is -0.169. The van der Waals surface area contributed by atoms with E-state index in [0.717, 1.165) is 30.6 Å². The first-order chi connectivity index (χ1) is 20.5. The molecule has 1 aromatic carbocycles. The van der Waals surface area contributed by atoms with Gasteiger partial charge in [-0.3, -0.25) is 18.9 Å². The first-order valence-corrected chi connectivity index (χ1v) is 16.9. The second-order valence-electron chi connectivity index (χ2n) is 12.2. The fraction of sp³-hybridized carbons (Fsp3) is 0.536. The zero-order valence-electron chi connectivity index (χ0n) is 23.3. The molecule has 7 rings (SSSR count). The largest absolute Gasteiger partial charge is 0.363 e. The number of carbonyl (C=O) groups is 3. The summed E-state index contributed by atoms with van der Waals surface area (Å²) in [5, 5.41) is 7.22. The van der Waals surface area contributed by atoms with E-state index in [1.807, 2.05) is 0 Å². The predicted molar refractivity (Wildman–Crippen MR) is 152 cm³/mol. The van der Waals surface area contributed by atoms with Crippen LogP contribution in [0.3, 0.4) is 0 Å². The van der Waals surface area contributed by atoms with Gasteiger partial charge in [-0.25, -0.2) is 4.39 Å². The maximum Gasteiger partial charge on any atom is 0.363 e. The monoisotopic (exact) mass is 631 g/mol. The van der Waals surface area contributed by atoms with Crippen molar-refractivity contribution in [2.24, 2.45) is 11.8 Å². The van der Waals surface area contributed by atoms with E-state index in [4.69, 9.17) is 4.52 Å². The Balaban J connectivity index is 1.07. The SMILES string of the molecule is Cc1noc(C2CN(C(=O)[C@@H]3CC[C@@H]4C[C@H]5C[C@H]5C[C@H](NC(=O)c5cc6cc(C(F)P(=O)(O)O)ccc6s5)C(=O)N43)C2)n1. The van der Waals surface area contributed by atoms with Crippen LogP contribution in [0, 0.1) is 18.8 Å². The fourth-order valence-corrected chi connectivity index (χ4v) is 8.38. The number of nitrogens with zero attached hydrogens (tertiary/aromatic N) is 4. The number of aryl methyl sites for hydroxylation is 1. The Hall–Kier alpha value is -3.19. The van der Waals surface area contributed by atoms with E-state index in [1.54, 1.807) is 16.7 Å². The first kappa shape index (κ1) is 28.6. The van der Waals surface area contributed by atoms with Gasteiger partial charge in [0, 0.05) is 23.8 Å². The normalized spacial score (nSPS) is 28.1. The van der Waals surface area contributed by atoms with Gasteiger partial charge < -0.3 is 29.4 Å². The number of likely N-dealkylation sites (tertiary alicyclic amines) is 1. The molecule has 0 radical (unpaired) electrons. The molecule has 4 aliphatic rings. The molecule has 12 nitrogen and oxygen atoms in total. The van der Waals surface area contributed by atoms with Gasteiger partial charge in [-0.2, -0.15) is 4.98 Å². The summed E-state index contributed by atoms with van der Waals surface area (Å²) in [6, 6.07) is 4.27. The van der Waals surface area contributed by atoms with Gasteiger partial charge in [-0.05, 0) is 80.0 Å². The van der Waals surface area contributed by atoms with Crippen molar-refractivity contribution in [2.75, 3.05) is 13.1 Å². The van der Waals surface area contributed by atoms with Gasteiger partial charge in [0.15, 0.2) is 5.82 Å². The van der Waals surface area contributed by atoms with Crippen LogP contribution in [-0.4, -0.2) is 78.7 Å². The molecule has 3 amide bonds. The molecular formula is C28H31FN5O7PS. The van der Waals surface area contributed by atoms with Crippen molar-refractivity contribution in [3.63, 3.8) is 0 Å². The summed E-state index contributed by atoms with van der Waals surface area (Å²) in [6.07, 6.45) is 3.69. The Morgan fingerprint density at radius 1 is 1.16 bits per heavy atom. The second-order valence-corrected chi connectivity index (χ2v) is 14.9. The lowest BCUT2D eigenvalue weighted by atomic mass is 9.97. The third kappa shape index (κ3) is 5.28. The average Bonchev–Trinajstić information content (AvgIpc) is 3.27. The molecule has 0 spiro atoms. The van der Waals surface area contributed by atoms with Crippen LogP contribution < -0.4 is 5.32 Å². The minimum Gasteiger partial charge on any atom is -0.340 e. The van der Waals surface area contributed by atoms with Crippen molar-refractivity contribution >= 4 is 46.7 Å². The number of nitrogens with one attached hydrogen (secondary N) is 1. The highest BCUT2D eigenvalue weighted by atomic mass is 32.1. The third-order valence-electron chi connectivity index (χ3n) is 9.25. The minimum atomic E-state index is -4.97. The highest BCUT2D eigenvalue weighted by Crippen LogP contribution is 2.53. The van der Waals surface area contributed by atoms with E-state index in [0.29, 0.717) is 64.4 Å². The van der Waals surface area contributed by atoms with E-state index >= 15 is 0 Å². The smallest absolute Gasteiger partial charge is 0.340 e. The molecule has 0 bridgehead atoms. The van der Waals surface area contributed by atoms with Crippen molar-refractivity contribution in [3.8, 4) is 0 Å². The Morgan fingerprint density at radius 2 is 1.93 bits per heavy atom. The van der Waals surface area contributed by atoms with Crippen LogP contribution in [0.1, 0.15) is 70.9 Å². The number of rotatable bonds is 6. The highest BCUT2D eigenvalue weighted by molar-refractivity contribution is 7.51. The van der Waals surface area contributed by atoms with Gasteiger partial charge in [0.2, 0.25) is 23.6 Å². The molecule has 1 unspecified atom stereocenters. The lowest BCUT2D eigenvalue weighted by Crippen LogP contribution is -2.59. The number of carbonyl (C=O) groups excluding carboxylic acids is 3. The lowest BCUT2D eigenvalue weighted by molar-refractivity contribution is -0.150. The maximum atomic E-state index is 14.3. The van der Waals surface area contributed by atoms with E-state index in [2.05, 4.69) is 15.5 Å². The van der Waals surface area contributed by atoms with Crippen LogP contribution in [0.2, 0.25) is 0 Å². The summed E-state index contributed by atoms with van der Waals surface area (Å²) in [7, 11) is -4.97. The molecule has 4 fully saturated rings. The van der Waals surface area contributed by atoms with Gasteiger partial charge in [0.25, 0.3) is 5.91 Å². The van der Waals surface area contributed by atoms with E-state index in [1.165, 1.54) is 24.3 Å². The number of thiophene rings is 1. The molecule has 43 heavy (non-hydrogen) atoms. The molecule has 1 aliphatic carbocycles. The molecule has 2 aromatic heterocycles. The van der Waals surface area contributed by atoms with Crippen molar-refractivity contribution in [2.45, 2.75) is 69.0 Å². The van der Waals surface area contributed by atoms with Crippen LogP contribution in [0.25, 0.3) is 10.1 Å². The van der Waals surface area contributed by atoms with E-state index in [9.17, 15) is 33.1 Å². The number of halogens is 1. The van der Waals surface area contributed by atoms with Crippen LogP contribution in [0.4, 0.5) is 4.39 Å². The van der Waals surface area contributed by atoms with Crippen LogP contribution in [0.15, 0.2) is 28.8 Å². The Bertz CT molecular complexity index is 1670. The Morgan fingerprint density at radius 3 is 2.65 bits per heavy atom. The quantitative estimate of drug-likeness (QED) is 0.346. The number of alkyl halides is 1. The molecule has 6 atom stereocenters. The Kier molecular flexibility index (Phi) is 6.95. The molecule has 5 heterocycles. The number of hydrogen-bond acceptors (Lipinski definition) is 8. The highest BCUT2D eigenvalue weighted by Gasteiger charge is 2.52. The summed E-state index contributed by atoms with van der Waals surface area (Å²) < 4.78 is 31.5. The lowest BCUT2D eigenvalue weighted by Gasteiger charge is -2.41. The zero-order valence-corrected chi connectivity index (χ0v) is 25.0. The van der Waals surface area contributed by atoms with Gasteiger partial charge in [0.1, 0.15) is 12.1 Å². The molecule has 1 saturated carbocycles. The predicted octanol–water partition coefficient (Wildman–Crippen LogP) is 3.25. The topological polar surface area (TPSA) is 166 Å². The van der Waals surface area contributed by atoms with Crippen LogP contribution in [0.5, 0.6) is 0 Å². The molecule has 3 aromatic rings. The number of hydrogen-bond donors (Lipinski definition) is 3. The average molecular weight is 632 g/mol. The van der Waals surface area contributed by atoms with Crippen molar-refractivity contribution in [1.82, 2.24) is 25.3 Å². The number of aromatic nitrogens is 2. The van der Waals surface area contributed by atoms with Gasteiger partial charge in [-0.15, -0.1) is 11.3 Å². The van der Waals surface area contributed by atoms with Crippen molar-refractivity contribution in [3.05, 3.63) is 46.4 Å². The molecule has 15 heteroatoms. The summed E-state index contributed by atoms with van der Waals surface area (Å²) >= 11 is 1.15. The summed E-state index contributed by atoms with van der Waals surface area (Å²) in [5.74, 6) is -1.39. The minimum absolute atomic E-state index is 0.0189. The molecular weight excluding hydrogens is 600 g/mol. The van der Waals surface area contributed by atoms with Gasteiger partial charge >= 0.3 is 7.60 Å². The summed E-state index contributed by atoms with van der Waals surface area (Å²) in [6.45, 7) is 2.66. The summed E-state index contributed by atoms with van der Waals surface area (Å²) in [4.78, 5) is 67.5. The van der Waals surface area contributed by atoms with Gasteiger partial charge in [-0.1, -0.05) is 11.2 Å². The Labute approximate surface area is 249 Å². The van der Waals surface area contributed by atoms with Gasteiger partial charge in [0.05, 0.1) is 10.8 Å². The fourth-order valence-electron chi connectivity index (χ4n) is 6.88. The van der Waals surface area contributed by atoms with Crippen molar-refractivity contribution in [1.29, 1.82) is 0 Å². The second kappa shape index (κ2) is 10.5. The maximum absolute atomic E-state index is 14.3. The van der Waals surface area contributed by atoms with Crippen LogP contribution in [-0.2, 0) is 14.2 Å². The molecule has 3 saturated heterocycles. The first-order valence-electron chi connectivity index (χ1n) is 14.4. The zero-order chi connectivity index (χ0) is 30.2. The number of fused-ring (bicyclic) bond motifs is 3. The number of amides is 3. The van der Waals surface area contributed by atoms with Crippen LogP contribution >= 0.6 is 18.9 Å². The molecule has 3 aliphatic heterocycles. The molecule has 3 N–H and O–H groups in total. The third-order valence-corrected chi connectivity index (χ3v) is 11.3. The standard InChI is InChI=1S/C28H31FN5O7PS/c1-13-30-26(41-32-13)18-11-33(12-18)28(37)21-4-3-19-8-15-7-16(15)9-20(27(36)34(19)21)31-25(35)23-10-17-6-14(2-5-22(17)43-23)24(29)42(38,39)40/h2,5-6,10,15-16,18-21,24H,3-4,7-9,11-12H2,1H3,(H,31,35)(H2,38,39,40)/t15-,16+,19-,20+,21+,24?/m1/s1. The van der Waals surface area contributed by atoms with E-state index < -0.39 is 31.5 Å². The van der Waals surface area contributed by atoms with Crippen molar-refractivity contribution < 1.29 is 37.6 Å².